The van der Waals surface area contributed by atoms with Crippen LogP contribution in [0.2, 0.25) is 10.0 Å². The predicted molar refractivity (Wildman–Crippen MR) is 101 cm³/mol. The molecule has 0 aliphatic rings. The van der Waals surface area contributed by atoms with Gasteiger partial charge in [0.15, 0.2) is 0 Å². The average molecular weight is 395 g/mol. The minimum Gasteiger partial charge on any atom is -0.465 e. The number of nitrogens with one attached hydrogen (secondary N) is 1. The lowest BCUT2D eigenvalue weighted by Gasteiger charge is -2.22. The lowest BCUT2D eigenvalue weighted by atomic mass is 10.2. The lowest BCUT2D eigenvalue weighted by molar-refractivity contribution is -0.120. The Balaban J connectivity index is 2.16. The van der Waals surface area contributed by atoms with E-state index < -0.39 is 11.9 Å². The second kappa shape index (κ2) is 8.69. The quantitative estimate of drug-likeness (QED) is 0.782. The smallest absolute Gasteiger partial charge is 0.337 e. The van der Waals surface area contributed by atoms with Crippen LogP contribution in [-0.2, 0) is 14.3 Å². The lowest BCUT2D eigenvalue weighted by Crippen LogP contribution is -2.36. The fourth-order valence-corrected chi connectivity index (χ4v) is 2.76. The van der Waals surface area contributed by atoms with E-state index in [0.29, 0.717) is 22.0 Å². The normalized spacial score (nSPS) is 10.2. The molecule has 8 heteroatoms. The van der Waals surface area contributed by atoms with E-state index >= 15 is 0 Å². The van der Waals surface area contributed by atoms with Crippen LogP contribution in [0.15, 0.2) is 42.5 Å². The third-order valence-corrected chi connectivity index (χ3v) is 3.99. The summed E-state index contributed by atoms with van der Waals surface area (Å²) in [4.78, 5) is 37.1. The molecule has 2 rings (SSSR count). The van der Waals surface area contributed by atoms with Crippen LogP contribution < -0.4 is 10.2 Å². The monoisotopic (exact) mass is 394 g/mol. The molecule has 2 aromatic rings. The van der Waals surface area contributed by atoms with Crippen LogP contribution in [0.5, 0.6) is 0 Å². The van der Waals surface area contributed by atoms with Gasteiger partial charge in [0.2, 0.25) is 11.8 Å². The van der Waals surface area contributed by atoms with Crippen LogP contribution in [-0.4, -0.2) is 31.4 Å². The molecule has 2 aromatic carbocycles. The number of anilines is 2. The van der Waals surface area contributed by atoms with E-state index in [1.165, 1.54) is 31.1 Å². The summed E-state index contributed by atoms with van der Waals surface area (Å²) in [5.74, 6) is -1.32. The average Bonchev–Trinajstić information content (AvgIpc) is 2.59. The highest BCUT2D eigenvalue weighted by atomic mass is 35.5. The maximum absolute atomic E-state index is 12.3. The number of hydrogen-bond acceptors (Lipinski definition) is 4. The van der Waals surface area contributed by atoms with Gasteiger partial charge in [-0.2, -0.15) is 0 Å². The number of benzene rings is 2. The standard InChI is InChI=1S/C18H16Cl2N2O4/c1-11(23)22(16-7-6-13(19)9-15(16)20)10-17(24)21-14-5-3-4-12(8-14)18(25)26-2/h3-9H,10H2,1-2H3,(H,21,24). The van der Waals surface area contributed by atoms with Gasteiger partial charge in [-0.1, -0.05) is 29.3 Å². The Morgan fingerprint density at radius 2 is 1.85 bits per heavy atom. The summed E-state index contributed by atoms with van der Waals surface area (Å²) in [5, 5.41) is 3.32. The van der Waals surface area contributed by atoms with Gasteiger partial charge in [-0.3, -0.25) is 9.59 Å². The number of rotatable bonds is 5. The molecule has 0 fully saturated rings. The molecule has 0 atom stereocenters. The first kappa shape index (κ1) is 19.8. The van der Waals surface area contributed by atoms with Gasteiger partial charge in [0.1, 0.15) is 6.54 Å². The van der Waals surface area contributed by atoms with Crippen LogP contribution in [0.25, 0.3) is 0 Å². The van der Waals surface area contributed by atoms with Gasteiger partial charge in [0.05, 0.1) is 23.4 Å². The predicted octanol–water partition coefficient (Wildman–Crippen LogP) is 3.77. The molecule has 0 saturated carbocycles. The number of ether oxygens (including phenoxy) is 1. The Kier molecular flexibility index (Phi) is 6.60. The van der Waals surface area contributed by atoms with Gasteiger partial charge in [-0.05, 0) is 36.4 Å². The largest absolute Gasteiger partial charge is 0.465 e. The highest BCUT2D eigenvalue weighted by Gasteiger charge is 2.19. The summed E-state index contributed by atoms with van der Waals surface area (Å²) in [7, 11) is 1.27. The van der Waals surface area contributed by atoms with E-state index in [9.17, 15) is 14.4 Å². The van der Waals surface area contributed by atoms with E-state index in [4.69, 9.17) is 23.2 Å². The van der Waals surface area contributed by atoms with E-state index in [1.807, 2.05) is 0 Å². The number of carbonyl (C=O) groups excluding carboxylic acids is 3. The van der Waals surface area contributed by atoms with Crippen LogP contribution in [0, 0.1) is 0 Å². The first-order chi connectivity index (χ1) is 12.3. The maximum Gasteiger partial charge on any atom is 0.337 e. The van der Waals surface area contributed by atoms with Crippen LogP contribution >= 0.6 is 23.2 Å². The van der Waals surface area contributed by atoms with Crippen molar-refractivity contribution >= 4 is 52.4 Å². The van der Waals surface area contributed by atoms with E-state index in [-0.39, 0.29) is 17.5 Å². The third-order valence-electron chi connectivity index (χ3n) is 3.45. The summed E-state index contributed by atoms with van der Waals surface area (Å²) in [6, 6.07) is 10.9. The zero-order valence-corrected chi connectivity index (χ0v) is 15.6. The second-order valence-corrected chi connectivity index (χ2v) is 6.17. The molecule has 6 nitrogen and oxygen atoms in total. The van der Waals surface area contributed by atoms with Crippen molar-refractivity contribution in [1.82, 2.24) is 0 Å². The Morgan fingerprint density at radius 3 is 2.46 bits per heavy atom. The van der Waals surface area contributed by atoms with Crippen LogP contribution in [0.1, 0.15) is 17.3 Å². The molecule has 0 aliphatic carbocycles. The zero-order chi connectivity index (χ0) is 19.3. The van der Waals surface area contributed by atoms with Gasteiger partial charge in [-0.25, -0.2) is 4.79 Å². The number of esters is 1. The molecule has 2 amide bonds. The number of amides is 2. The van der Waals surface area contributed by atoms with Crippen molar-refractivity contribution in [2.45, 2.75) is 6.92 Å². The van der Waals surface area contributed by atoms with E-state index in [2.05, 4.69) is 10.1 Å². The van der Waals surface area contributed by atoms with Crippen molar-refractivity contribution in [3.05, 3.63) is 58.1 Å². The molecule has 0 unspecified atom stereocenters. The van der Waals surface area contributed by atoms with E-state index in [1.54, 1.807) is 30.3 Å². The van der Waals surface area contributed by atoms with Gasteiger partial charge >= 0.3 is 5.97 Å². The Labute approximate surface area is 160 Å². The number of nitrogens with zero attached hydrogens (tertiary/aromatic N) is 1. The second-order valence-electron chi connectivity index (χ2n) is 5.32. The molecule has 1 N–H and O–H groups in total. The molecular weight excluding hydrogens is 379 g/mol. The van der Waals surface area contributed by atoms with Crippen LogP contribution in [0.3, 0.4) is 0 Å². The van der Waals surface area contributed by atoms with Crippen LogP contribution in [0.4, 0.5) is 11.4 Å². The van der Waals surface area contributed by atoms with Gasteiger partial charge in [0, 0.05) is 17.6 Å². The number of carbonyl (C=O) groups is 3. The highest BCUT2D eigenvalue weighted by Crippen LogP contribution is 2.29. The van der Waals surface area contributed by atoms with Crippen molar-refractivity contribution in [3.63, 3.8) is 0 Å². The molecule has 0 heterocycles. The maximum atomic E-state index is 12.3. The third kappa shape index (κ3) is 4.97. The Morgan fingerprint density at radius 1 is 1.12 bits per heavy atom. The summed E-state index contributed by atoms with van der Waals surface area (Å²) in [6.45, 7) is 1.08. The van der Waals surface area contributed by atoms with Crippen molar-refractivity contribution in [2.75, 3.05) is 23.9 Å². The SMILES string of the molecule is COC(=O)c1cccc(NC(=O)CN(C(C)=O)c2ccc(Cl)cc2Cl)c1. The zero-order valence-electron chi connectivity index (χ0n) is 14.1. The minimum atomic E-state index is -0.514. The minimum absolute atomic E-state index is 0.251. The summed E-state index contributed by atoms with van der Waals surface area (Å²) < 4.78 is 4.64. The molecule has 0 spiro atoms. The Bertz CT molecular complexity index is 855. The van der Waals surface area contributed by atoms with Gasteiger partial charge in [0.25, 0.3) is 0 Å². The number of hydrogen-bond donors (Lipinski definition) is 1. The van der Waals surface area contributed by atoms with Crippen molar-refractivity contribution in [2.24, 2.45) is 0 Å². The molecule has 26 heavy (non-hydrogen) atoms. The molecule has 0 radical (unpaired) electrons. The molecule has 0 saturated heterocycles. The fourth-order valence-electron chi connectivity index (χ4n) is 2.25. The molecule has 0 aromatic heterocycles. The number of methoxy groups -OCH3 is 1. The van der Waals surface area contributed by atoms with Crippen molar-refractivity contribution in [3.8, 4) is 0 Å². The molecule has 0 aliphatic heterocycles. The molecular formula is C18H16Cl2N2O4. The molecule has 0 bridgehead atoms. The van der Waals surface area contributed by atoms with Gasteiger partial charge < -0.3 is 15.0 Å². The highest BCUT2D eigenvalue weighted by molar-refractivity contribution is 6.36. The summed E-state index contributed by atoms with van der Waals surface area (Å²) >= 11 is 12.0. The van der Waals surface area contributed by atoms with Crippen molar-refractivity contribution in [1.29, 1.82) is 0 Å². The first-order valence-corrected chi connectivity index (χ1v) is 8.29. The van der Waals surface area contributed by atoms with Crippen molar-refractivity contribution < 1.29 is 19.1 Å². The first-order valence-electron chi connectivity index (χ1n) is 7.53. The summed E-state index contributed by atoms with van der Waals surface area (Å²) in [6.07, 6.45) is 0. The molecule has 136 valence electrons. The van der Waals surface area contributed by atoms with E-state index in [0.717, 1.165) is 0 Å². The number of halogens is 2. The Hall–Kier alpha value is -2.57. The topological polar surface area (TPSA) is 75.7 Å². The summed E-state index contributed by atoms with van der Waals surface area (Å²) in [5.41, 5.74) is 1.08. The fraction of sp³-hybridized carbons (Fsp3) is 0.167. The van der Waals surface area contributed by atoms with Gasteiger partial charge in [-0.15, -0.1) is 0 Å².